The Balaban J connectivity index is 1.58. The van der Waals surface area contributed by atoms with Crippen LogP contribution in [0.5, 0.6) is 0 Å². The van der Waals surface area contributed by atoms with Crippen molar-refractivity contribution in [2.75, 3.05) is 24.7 Å². The van der Waals surface area contributed by atoms with Gasteiger partial charge in [-0.15, -0.1) is 0 Å². The van der Waals surface area contributed by atoms with Gasteiger partial charge in [-0.05, 0) is 55.5 Å². The first-order valence-electron chi connectivity index (χ1n) is 8.74. The Hall–Kier alpha value is -2.65. The zero-order valence-electron chi connectivity index (χ0n) is 14.0. The molecule has 2 aliphatic rings. The lowest BCUT2D eigenvalue weighted by atomic mass is 9.99. The van der Waals surface area contributed by atoms with E-state index in [0.717, 1.165) is 50.1 Å². The van der Waals surface area contributed by atoms with E-state index in [-0.39, 0.29) is 5.91 Å². The number of amides is 1. The van der Waals surface area contributed by atoms with Crippen molar-refractivity contribution < 1.29 is 9.53 Å². The van der Waals surface area contributed by atoms with E-state index in [4.69, 9.17) is 10.00 Å². The van der Waals surface area contributed by atoms with E-state index in [1.54, 1.807) is 17.0 Å². The van der Waals surface area contributed by atoms with Gasteiger partial charge in [-0.25, -0.2) is 0 Å². The molecule has 0 aliphatic carbocycles. The van der Waals surface area contributed by atoms with Crippen LogP contribution in [-0.2, 0) is 11.2 Å². The summed E-state index contributed by atoms with van der Waals surface area (Å²) in [5.41, 5.74) is 3.07. The summed E-state index contributed by atoms with van der Waals surface area (Å²) >= 11 is 0. The number of anilines is 1. The van der Waals surface area contributed by atoms with Crippen LogP contribution in [0, 0.1) is 11.3 Å². The summed E-state index contributed by atoms with van der Waals surface area (Å²) in [4.78, 5) is 14.8. The van der Waals surface area contributed by atoms with Crippen molar-refractivity contribution >= 4 is 11.6 Å². The molecule has 0 bridgehead atoms. The van der Waals surface area contributed by atoms with Crippen LogP contribution in [0.25, 0.3) is 0 Å². The van der Waals surface area contributed by atoms with Gasteiger partial charge in [0.05, 0.1) is 17.7 Å². The molecule has 4 rings (SSSR count). The number of carbonyl (C=O) groups is 1. The fourth-order valence-electron chi connectivity index (χ4n) is 3.62. The van der Waals surface area contributed by atoms with Crippen molar-refractivity contribution in [3.8, 4) is 6.07 Å². The summed E-state index contributed by atoms with van der Waals surface area (Å²) in [6.07, 6.45) is 5.55. The van der Waals surface area contributed by atoms with Gasteiger partial charge in [-0.2, -0.15) is 10.4 Å². The van der Waals surface area contributed by atoms with Crippen LogP contribution in [0.15, 0.2) is 30.5 Å². The predicted molar refractivity (Wildman–Crippen MR) is 92.5 cm³/mol. The van der Waals surface area contributed by atoms with Crippen molar-refractivity contribution in [2.45, 2.75) is 31.7 Å². The molecule has 6 heteroatoms. The van der Waals surface area contributed by atoms with Gasteiger partial charge in [-0.3, -0.25) is 9.48 Å². The number of aromatic nitrogens is 2. The van der Waals surface area contributed by atoms with Gasteiger partial charge in [-0.1, -0.05) is 0 Å². The van der Waals surface area contributed by atoms with Gasteiger partial charge in [0, 0.05) is 31.6 Å². The summed E-state index contributed by atoms with van der Waals surface area (Å²) in [7, 11) is 0. The van der Waals surface area contributed by atoms with Gasteiger partial charge >= 0.3 is 0 Å². The van der Waals surface area contributed by atoms with Crippen LogP contribution in [0.1, 0.15) is 46.9 Å². The summed E-state index contributed by atoms with van der Waals surface area (Å²) in [6.45, 7) is 2.17. The Morgan fingerprint density at radius 3 is 2.92 bits per heavy atom. The van der Waals surface area contributed by atoms with Crippen LogP contribution >= 0.6 is 0 Å². The van der Waals surface area contributed by atoms with Gasteiger partial charge in [0.15, 0.2) is 5.69 Å². The number of hydrogen-bond acceptors (Lipinski definition) is 4. The van der Waals surface area contributed by atoms with Crippen LogP contribution in [0.3, 0.4) is 0 Å². The smallest absolute Gasteiger partial charge is 0.278 e. The van der Waals surface area contributed by atoms with Gasteiger partial charge < -0.3 is 9.64 Å². The molecule has 0 N–H and O–H groups in total. The second-order valence-corrected chi connectivity index (χ2v) is 6.54. The molecule has 25 heavy (non-hydrogen) atoms. The third-order valence-electron chi connectivity index (χ3n) is 4.96. The lowest BCUT2D eigenvalue weighted by Gasteiger charge is -2.29. The van der Waals surface area contributed by atoms with Gasteiger partial charge in [0.1, 0.15) is 0 Å². The van der Waals surface area contributed by atoms with E-state index in [2.05, 4.69) is 11.2 Å². The first-order chi connectivity index (χ1) is 12.3. The van der Waals surface area contributed by atoms with E-state index < -0.39 is 0 Å². The van der Waals surface area contributed by atoms with E-state index in [1.165, 1.54) is 0 Å². The van der Waals surface area contributed by atoms with Crippen molar-refractivity contribution in [2.24, 2.45) is 0 Å². The van der Waals surface area contributed by atoms with Crippen LogP contribution in [0.4, 0.5) is 5.69 Å². The third kappa shape index (κ3) is 3.03. The van der Waals surface area contributed by atoms with E-state index in [9.17, 15) is 4.79 Å². The Kier molecular flexibility index (Phi) is 4.24. The number of carbonyl (C=O) groups excluding carboxylic acids is 1. The Morgan fingerprint density at radius 1 is 1.28 bits per heavy atom. The number of ether oxygens (including phenoxy) is 1. The summed E-state index contributed by atoms with van der Waals surface area (Å²) in [5, 5.41) is 13.6. The number of nitrogens with zero attached hydrogens (tertiary/aromatic N) is 4. The van der Waals surface area contributed by atoms with Crippen molar-refractivity contribution in [3.63, 3.8) is 0 Å². The summed E-state index contributed by atoms with van der Waals surface area (Å²) in [6, 6.07) is 9.80. The molecular formula is C19H20N4O2. The minimum atomic E-state index is -0.0727. The fourth-order valence-corrected chi connectivity index (χ4v) is 3.62. The standard InChI is InChI=1S/C19H20N4O2/c20-13-14-3-4-18-15(12-14)2-1-8-22(18)19(24)17-5-9-23(21-17)16-6-10-25-11-7-16/h3-5,9,12,16H,1-2,6-8,10-11H2. The average Bonchev–Trinajstić information content (AvgIpc) is 3.17. The quantitative estimate of drug-likeness (QED) is 0.845. The molecule has 2 aromatic rings. The molecule has 0 spiro atoms. The Morgan fingerprint density at radius 2 is 2.12 bits per heavy atom. The molecule has 0 unspecified atom stereocenters. The zero-order valence-corrected chi connectivity index (χ0v) is 14.0. The molecule has 3 heterocycles. The second-order valence-electron chi connectivity index (χ2n) is 6.54. The Labute approximate surface area is 146 Å². The third-order valence-corrected chi connectivity index (χ3v) is 4.96. The minimum absolute atomic E-state index is 0.0727. The average molecular weight is 336 g/mol. The minimum Gasteiger partial charge on any atom is -0.381 e. The Bertz CT molecular complexity index is 830. The summed E-state index contributed by atoms with van der Waals surface area (Å²) in [5.74, 6) is -0.0727. The number of rotatable bonds is 2. The number of hydrogen-bond donors (Lipinski definition) is 0. The molecule has 2 aliphatic heterocycles. The highest BCUT2D eigenvalue weighted by atomic mass is 16.5. The van der Waals surface area contributed by atoms with Crippen LogP contribution in [-0.4, -0.2) is 35.4 Å². The molecule has 0 saturated carbocycles. The highest BCUT2D eigenvalue weighted by Gasteiger charge is 2.26. The first kappa shape index (κ1) is 15.9. The van der Waals surface area contributed by atoms with Gasteiger partial charge in [0.2, 0.25) is 0 Å². The normalized spacial score (nSPS) is 17.8. The highest BCUT2D eigenvalue weighted by Crippen LogP contribution is 2.29. The van der Waals surface area contributed by atoms with Crippen molar-refractivity contribution in [1.29, 1.82) is 5.26 Å². The molecule has 1 aromatic carbocycles. The second kappa shape index (κ2) is 6.69. The predicted octanol–water partition coefficient (Wildman–Crippen LogP) is 2.70. The molecule has 1 saturated heterocycles. The number of nitriles is 1. The molecule has 1 amide bonds. The van der Waals surface area contributed by atoms with Crippen molar-refractivity contribution in [1.82, 2.24) is 9.78 Å². The lowest BCUT2D eigenvalue weighted by Crippen LogP contribution is -2.36. The van der Waals surface area contributed by atoms with Crippen LogP contribution in [0.2, 0.25) is 0 Å². The molecule has 0 atom stereocenters. The fraction of sp³-hybridized carbons (Fsp3) is 0.421. The van der Waals surface area contributed by atoms with E-state index >= 15 is 0 Å². The monoisotopic (exact) mass is 336 g/mol. The molecular weight excluding hydrogens is 316 g/mol. The van der Waals surface area contributed by atoms with E-state index in [1.807, 2.05) is 23.0 Å². The molecule has 128 valence electrons. The maximum Gasteiger partial charge on any atom is 0.278 e. The SMILES string of the molecule is N#Cc1ccc2c(c1)CCCN2C(=O)c1ccn(C2CCOCC2)n1. The van der Waals surface area contributed by atoms with Crippen LogP contribution < -0.4 is 4.90 Å². The molecule has 1 fully saturated rings. The van der Waals surface area contributed by atoms with Crippen molar-refractivity contribution in [3.05, 3.63) is 47.3 Å². The largest absolute Gasteiger partial charge is 0.381 e. The lowest BCUT2D eigenvalue weighted by molar-refractivity contribution is 0.0660. The maximum absolute atomic E-state index is 13.0. The van der Waals surface area contributed by atoms with E-state index in [0.29, 0.717) is 23.8 Å². The topological polar surface area (TPSA) is 71.2 Å². The first-order valence-corrected chi connectivity index (χ1v) is 8.74. The molecule has 0 radical (unpaired) electrons. The highest BCUT2D eigenvalue weighted by molar-refractivity contribution is 6.05. The number of fused-ring (bicyclic) bond motifs is 1. The summed E-state index contributed by atoms with van der Waals surface area (Å²) < 4.78 is 7.29. The maximum atomic E-state index is 13.0. The number of benzene rings is 1. The molecule has 6 nitrogen and oxygen atoms in total. The number of aryl methyl sites for hydroxylation is 1. The zero-order chi connectivity index (χ0) is 17.2. The molecule has 1 aromatic heterocycles. The van der Waals surface area contributed by atoms with Gasteiger partial charge in [0.25, 0.3) is 5.91 Å².